The van der Waals surface area contributed by atoms with Crippen molar-refractivity contribution in [3.05, 3.63) is 109 Å². The first-order valence-electron chi connectivity index (χ1n) is 14.0. The SMILES string of the molecule is c1ccc2c(c1)sc1c2cc2c3c1ccc1cc4c5ccccc5sc4c(c13)n2-c1ccc2sc3cccnc3c2c1. The van der Waals surface area contributed by atoms with Crippen molar-refractivity contribution < 1.29 is 0 Å². The lowest BCUT2D eigenvalue weighted by atomic mass is 9.98. The fraction of sp³-hybridized carbons (Fsp3) is 0. The molecule has 194 valence electrons. The molecule has 0 amide bonds. The van der Waals surface area contributed by atoms with Crippen molar-refractivity contribution in [3.8, 4) is 5.69 Å². The van der Waals surface area contributed by atoms with Crippen LogP contribution in [-0.4, -0.2) is 9.55 Å². The molecule has 6 aromatic carbocycles. The smallest absolute Gasteiger partial charge is 0.0889 e. The van der Waals surface area contributed by atoms with Gasteiger partial charge < -0.3 is 4.57 Å². The molecule has 42 heavy (non-hydrogen) atoms. The van der Waals surface area contributed by atoms with Crippen LogP contribution in [0.2, 0.25) is 0 Å². The molecule has 0 fully saturated rings. The molecule has 5 heterocycles. The Morgan fingerprint density at radius 3 is 2.10 bits per heavy atom. The summed E-state index contributed by atoms with van der Waals surface area (Å²) in [6, 6.07) is 38.5. The molecule has 0 unspecified atom stereocenters. The van der Waals surface area contributed by atoms with Gasteiger partial charge in [0.15, 0.2) is 0 Å². The van der Waals surface area contributed by atoms with Gasteiger partial charge in [-0.3, -0.25) is 4.98 Å². The topological polar surface area (TPSA) is 17.8 Å². The standard InChI is InChI=1S/C37H18N2S3/c1-4-9-29-21(6-1)24-16-19-11-13-23-33-27(18-25-22-7-2-3-8-28(22)41-36(23)25)39(35(32(19)33)37(24)42-29)20-12-14-30-26(17-20)34-31(40-30)10-5-15-38-34/h1-18H. The second-order valence-electron chi connectivity index (χ2n) is 11.1. The maximum absolute atomic E-state index is 4.80. The zero-order valence-corrected chi connectivity index (χ0v) is 24.5. The van der Waals surface area contributed by atoms with Gasteiger partial charge in [-0.15, -0.1) is 34.0 Å². The molecule has 0 aliphatic heterocycles. The lowest BCUT2D eigenvalue weighted by Gasteiger charge is -2.09. The summed E-state index contributed by atoms with van der Waals surface area (Å²) >= 11 is 5.66. The van der Waals surface area contributed by atoms with Crippen molar-refractivity contribution in [2.45, 2.75) is 0 Å². The predicted molar refractivity (Wildman–Crippen MR) is 186 cm³/mol. The summed E-state index contributed by atoms with van der Waals surface area (Å²) in [7, 11) is 0. The summed E-state index contributed by atoms with van der Waals surface area (Å²) in [6.45, 7) is 0. The van der Waals surface area contributed by atoms with E-state index in [0.29, 0.717) is 0 Å². The Kier molecular flexibility index (Phi) is 4.02. The Morgan fingerprint density at radius 2 is 1.24 bits per heavy atom. The minimum absolute atomic E-state index is 1.09. The van der Waals surface area contributed by atoms with E-state index in [9.17, 15) is 0 Å². The van der Waals surface area contributed by atoms with Crippen LogP contribution in [0, 0.1) is 0 Å². The molecule has 5 aromatic heterocycles. The van der Waals surface area contributed by atoms with Gasteiger partial charge in [0.1, 0.15) is 0 Å². The third-order valence-corrected chi connectivity index (χ3v) is 12.5. The van der Waals surface area contributed by atoms with Crippen molar-refractivity contribution in [3.63, 3.8) is 0 Å². The molecular weight excluding hydrogens is 569 g/mol. The third kappa shape index (κ3) is 2.63. The van der Waals surface area contributed by atoms with Gasteiger partial charge in [-0.25, -0.2) is 0 Å². The first kappa shape index (κ1) is 22.1. The number of rotatable bonds is 1. The molecule has 0 bridgehead atoms. The number of hydrogen-bond acceptors (Lipinski definition) is 4. The highest BCUT2D eigenvalue weighted by Crippen LogP contribution is 2.50. The molecule has 0 saturated heterocycles. The zero-order valence-electron chi connectivity index (χ0n) is 22.0. The molecule has 0 N–H and O–H groups in total. The molecule has 11 aromatic rings. The molecule has 0 aliphatic rings. The van der Waals surface area contributed by atoms with Crippen LogP contribution in [0.4, 0.5) is 0 Å². The molecule has 0 spiro atoms. The Balaban J connectivity index is 1.41. The summed E-state index contributed by atoms with van der Waals surface area (Å²) in [5, 5.41) is 12.0. The van der Waals surface area contributed by atoms with Gasteiger partial charge in [0.25, 0.3) is 0 Å². The number of benzene rings is 6. The van der Waals surface area contributed by atoms with Crippen molar-refractivity contribution >= 4 is 127 Å². The molecule has 0 atom stereocenters. The monoisotopic (exact) mass is 586 g/mol. The van der Waals surface area contributed by atoms with Crippen molar-refractivity contribution in [2.75, 3.05) is 0 Å². The maximum Gasteiger partial charge on any atom is 0.0889 e. The largest absolute Gasteiger partial charge is 0.308 e. The van der Waals surface area contributed by atoms with Crippen LogP contribution in [0.1, 0.15) is 0 Å². The van der Waals surface area contributed by atoms with Crippen molar-refractivity contribution in [1.29, 1.82) is 0 Å². The number of fused-ring (bicyclic) bond motifs is 11. The highest BCUT2D eigenvalue weighted by Gasteiger charge is 2.24. The van der Waals surface area contributed by atoms with E-state index in [1.54, 1.807) is 0 Å². The first-order chi connectivity index (χ1) is 20.8. The molecule has 0 radical (unpaired) electrons. The van der Waals surface area contributed by atoms with E-state index >= 15 is 0 Å². The van der Waals surface area contributed by atoms with E-state index in [0.717, 1.165) is 5.52 Å². The highest BCUT2D eigenvalue weighted by atomic mass is 32.1. The highest BCUT2D eigenvalue weighted by molar-refractivity contribution is 7.27. The van der Waals surface area contributed by atoms with Crippen LogP contribution in [0.5, 0.6) is 0 Å². The van der Waals surface area contributed by atoms with Crippen molar-refractivity contribution in [2.24, 2.45) is 0 Å². The van der Waals surface area contributed by atoms with Crippen molar-refractivity contribution in [1.82, 2.24) is 9.55 Å². The lowest BCUT2D eigenvalue weighted by molar-refractivity contribution is 1.20. The van der Waals surface area contributed by atoms with Gasteiger partial charge in [0.05, 0.1) is 25.9 Å². The van der Waals surface area contributed by atoms with Crippen LogP contribution >= 0.6 is 34.0 Å². The molecular formula is C37H18N2S3. The van der Waals surface area contributed by atoms with Crippen LogP contribution < -0.4 is 0 Å². The normalized spacial score (nSPS) is 12.8. The molecule has 0 aliphatic carbocycles. The fourth-order valence-electron chi connectivity index (χ4n) is 7.22. The van der Waals surface area contributed by atoms with E-state index in [-0.39, 0.29) is 0 Å². The molecule has 5 heteroatoms. The summed E-state index contributed by atoms with van der Waals surface area (Å²) < 4.78 is 10.5. The number of pyridine rings is 1. The second kappa shape index (κ2) is 7.64. The van der Waals surface area contributed by atoms with Gasteiger partial charge in [-0.05, 0) is 60.0 Å². The number of hydrogen-bond donors (Lipinski definition) is 0. The summed E-state index contributed by atoms with van der Waals surface area (Å²) in [5.74, 6) is 0. The summed E-state index contributed by atoms with van der Waals surface area (Å²) in [6.07, 6.45) is 1.91. The zero-order chi connectivity index (χ0) is 27.1. The molecule has 11 rings (SSSR count). The van der Waals surface area contributed by atoms with E-state index in [4.69, 9.17) is 4.98 Å². The summed E-state index contributed by atoms with van der Waals surface area (Å²) in [5.41, 5.74) is 4.87. The molecule has 2 nitrogen and oxygen atoms in total. The van der Waals surface area contributed by atoms with Gasteiger partial charge in [0, 0.05) is 73.8 Å². The Bertz CT molecular complexity index is 2910. The number of nitrogens with zero attached hydrogens (tertiary/aromatic N) is 2. The van der Waals surface area contributed by atoms with Crippen LogP contribution in [0.3, 0.4) is 0 Å². The number of thiophene rings is 3. The van der Waals surface area contributed by atoms with Crippen LogP contribution in [0.15, 0.2) is 109 Å². The minimum Gasteiger partial charge on any atom is -0.308 e. The summed E-state index contributed by atoms with van der Waals surface area (Å²) in [4.78, 5) is 4.80. The Hall–Kier alpha value is -4.55. The molecule has 0 saturated carbocycles. The Morgan fingerprint density at radius 1 is 0.500 bits per heavy atom. The van der Waals surface area contributed by atoms with Gasteiger partial charge in [0.2, 0.25) is 0 Å². The average molecular weight is 587 g/mol. The van der Waals surface area contributed by atoms with Gasteiger partial charge in [-0.1, -0.05) is 48.5 Å². The van der Waals surface area contributed by atoms with E-state index in [1.807, 2.05) is 46.3 Å². The quantitative estimate of drug-likeness (QED) is 0.175. The van der Waals surface area contributed by atoms with Gasteiger partial charge >= 0.3 is 0 Å². The minimum atomic E-state index is 1.09. The predicted octanol–water partition coefficient (Wildman–Crippen LogP) is 11.9. The third-order valence-electron chi connectivity index (χ3n) is 8.97. The second-order valence-corrected chi connectivity index (χ2v) is 14.3. The lowest BCUT2D eigenvalue weighted by Crippen LogP contribution is -1.94. The van der Waals surface area contributed by atoms with E-state index < -0.39 is 0 Å². The average Bonchev–Trinajstić information content (AvgIpc) is 3.78. The fourth-order valence-corrected chi connectivity index (χ4v) is 10.7. The van der Waals surface area contributed by atoms with E-state index in [2.05, 4.69) is 102 Å². The van der Waals surface area contributed by atoms with Crippen LogP contribution in [0.25, 0.3) is 98.9 Å². The van der Waals surface area contributed by atoms with Gasteiger partial charge in [-0.2, -0.15) is 0 Å². The number of aromatic nitrogens is 2. The Labute approximate surface area is 250 Å². The first-order valence-corrected chi connectivity index (χ1v) is 16.5. The van der Waals surface area contributed by atoms with Crippen LogP contribution in [-0.2, 0) is 0 Å². The van der Waals surface area contributed by atoms with E-state index in [1.165, 1.54) is 93.4 Å². The maximum atomic E-state index is 4.80.